The van der Waals surface area contributed by atoms with Crippen molar-refractivity contribution in [2.75, 3.05) is 12.3 Å². The molecule has 0 aliphatic carbocycles. The third-order valence-corrected chi connectivity index (χ3v) is 11.1. The van der Waals surface area contributed by atoms with Crippen molar-refractivity contribution in [3.8, 4) is 0 Å². The van der Waals surface area contributed by atoms with Crippen LogP contribution in [0.5, 0.6) is 0 Å². The fourth-order valence-electron chi connectivity index (χ4n) is 6.22. The molecule has 0 aromatic heterocycles. The Morgan fingerprint density at radius 2 is 1.69 bits per heavy atom. The van der Waals surface area contributed by atoms with Gasteiger partial charge in [-0.2, -0.15) is 4.31 Å². The molecule has 182 valence electrons. The SMILES string of the molecule is Cc1ccc(S(=O)(=O)N2C[C@H]3CC4CS[C@@H](c5ccc(F)cc5)N4[C@H]3[C@@H]2Cc2ccccc2)cc1. The maximum atomic E-state index is 13.9. The van der Waals surface area contributed by atoms with E-state index in [-0.39, 0.29) is 29.2 Å². The van der Waals surface area contributed by atoms with Crippen molar-refractivity contribution in [3.63, 3.8) is 0 Å². The second kappa shape index (κ2) is 9.04. The number of sulfonamides is 1. The van der Waals surface area contributed by atoms with Crippen molar-refractivity contribution in [3.05, 3.63) is 101 Å². The Hall–Kier alpha value is -2.19. The third-order valence-electron chi connectivity index (χ3n) is 7.79. The van der Waals surface area contributed by atoms with E-state index in [2.05, 4.69) is 17.0 Å². The van der Waals surface area contributed by atoms with Crippen molar-refractivity contribution in [2.24, 2.45) is 5.92 Å². The highest BCUT2D eigenvalue weighted by Gasteiger charge is 2.58. The zero-order chi connectivity index (χ0) is 24.2. The Bertz CT molecular complexity index is 1300. The van der Waals surface area contributed by atoms with Crippen LogP contribution in [0.3, 0.4) is 0 Å². The minimum Gasteiger partial charge on any atom is -0.279 e. The van der Waals surface area contributed by atoms with Crippen molar-refractivity contribution < 1.29 is 12.8 Å². The van der Waals surface area contributed by atoms with E-state index in [4.69, 9.17) is 0 Å². The highest BCUT2D eigenvalue weighted by molar-refractivity contribution is 7.99. The normalized spacial score (nSPS) is 28.8. The molecule has 0 bridgehead atoms. The summed E-state index contributed by atoms with van der Waals surface area (Å²) in [7, 11) is -3.63. The van der Waals surface area contributed by atoms with E-state index < -0.39 is 10.0 Å². The van der Waals surface area contributed by atoms with Gasteiger partial charge in [-0.1, -0.05) is 60.2 Å². The van der Waals surface area contributed by atoms with Crippen LogP contribution in [0, 0.1) is 18.7 Å². The maximum absolute atomic E-state index is 13.9. The second-order valence-electron chi connectivity index (χ2n) is 9.97. The van der Waals surface area contributed by atoms with E-state index in [0.717, 1.165) is 28.9 Å². The molecule has 7 heteroatoms. The first-order valence-corrected chi connectivity index (χ1v) is 14.7. The molecule has 5 atom stereocenters. The monoisotopic (exact) mass is 508 g/mol. The van der Waals surface area contributed by atoms with E-state index in [1.807, 2.05) is 61.2 Å². The first-order chi connectivity index (χ1) is 16.9. The van der Waals surface area contributed by atoms with E-state index in [1.54, 1.807) is 16.4 Å². The standard InChI is InChI=1S/C28H29FN2O2S2/c1-19-7-13-25(14-8-19)35(32,33)30-17-22-16-24-18-34-28(21-9-11-23(29)12-10-21)31(24)27(22)26(30)15-20-5-3-2-4-6-20/h2-14,22,24,26-28H,15-18H2,1H3/t22-,24?,26+,27-,28+/m1/s1. The Labute approximate surface area is 211 Å². The molecule has 0 radical (unpaired) electrons. The first-order valence-electron chi connectivity index (χ1n) is 12.2. The highest BCUT2D eigenvalue weighted by Crippen LogP contribution is 2.54. The van der Waals surface area contributed by atoms with E-state index >= 15 is 0 Å². The predicted octanol–water partition coefficient (Wildman–Crippen LogP) is 5.25. The molecule has 0 N–H and O–H groups in total. The van der Waals surface area contributed by atoms with Gasteiger partial charge in [-0.15, -0.1) is 11.8 Å². The van der Waals surface area contributed by atoms with Crippen molar-refractivity contribution in [1.29, 1.82) is 0 Å². The lowest BCUT2D eigenvalue weighted by Crippen LogP contribution is -2.48. The molecule has 0 spiro atoms. The number of aryl methyl sites for hydroxylation is 1. The van der Waals surface area contributed by atoms with E-state index in [0.29, 0.717) is 23.9 Å². The summed E-state index contributed by atoms with van der Waals surface area (Å²) in [6.07, 6.45) is 1.68. The number of hydrogen-bond donors (Lipinski definition) is 0. The minimum atomic E-state index is -3.63. The van der Waals surface area contributed by atoms with Crippen LogP contribution >= 0.6 is 11.8 Å². The maximum Gasteiger partial charge on any atom is 0.243 e. The van der Waals surface area contributed by atoms with Crippen LogP contribution in [0.2, 0.25) is 0 Å². The zero-order valence-electron chi connectivity index (χ0n) is 19.6. The molecule has 3 aromatic rings. The van der Waals surface area contributed by atoms with Crippen LogP contribution in [0.4, 0.5) is 4.39 Å². The molecule has 3 aliphatic heterocycles. The van der Waals surface area contributed by atoms with Gasteiger partial charge >= 0.3 is 0 Å². The molecule has 1 unspecified atom stereocenters. The summed E-state index contributed by atoms with van der Waals surface area (Å²) in [6, 6.07) is 24.6. The Balaban J connectivity index is 1.39. The largest absolute Gasteiger partial charge is 0.279 e. The first kappa shape index (κ1) is 23.2. The van der Waals surface area contributed by atoms with Gasteiger partial charge in [-0.25, -0.2) is 12.8 Å². The molecular weight excluding hydrogens is 479 g/mol. The second-order valence-corrected chi connectivity index (χ2v) is 13.0. The summed E-state index contributed by atoms with van der Waals surface area (Å²) in [5.74, 6) is 1.08. The van der Waals surface area contributed by atoms with Crippen LogP contribution in [0.1, 0.15) is 28.5 Å². The van der Waals surface area contributed by atoms with Crippen LogP contribution in [-0.4, -0.2) is 48.0 Å². The number of fused-ring (bicyclic) bond motifs is 3. The third kappa shape index (κ3) is 4.12. The van der Waals surface area contributed by atoms with Gasteiger partial charge in [0, 0.05) is 30.4 Å². The van der Waals surface area contributed by atoms with Gasteiger partial charge in [-0.3, -0.25) is 4.90 Å². The number of rotatable bonds is 5. The average Bonchev–Trinajstić information content (AvgIpc) is 3.51. The Morgan fingerprint density at radius 3 is 2.40 bits per heavy atom. The number of benzene rings is 3. The lowest BCUT2D eigenvalue weighted by Gasteiger charge is -2.36. The van der Waals surface area contributed by atoms with Gasteiger partial charge in [0.2, 0.25) is 10.0 Å². The van der Waals surface area contributed by atoms with Crippen molar-refractivity contribution in [2.45, 2.75) is 48.2 Å². The zero-order valence-corrected chi connectivity index (χ0v) is 21.3. The van der Waals surface area contributed by atoms with Gasteiger partial charge in [0.25, 0.3) is 0 Å². The molecule has 4 nitrogen and oxygen atoms in total. The van der Waals surface area contributed by atoms with Crippen molar-refractivity contribution in [1.82, 2.24) is 9.21 Å². The highest BCUT2D eigenvalue weighted by atomic mass is 32.2. The van der Waals surface area contributed by atoms with E-state index in [9.17, 15) is 12.8 Å². The molecule has 3 saturated heterocycles. The number of nitrogens with zero attached hydrogens (tertiary/aromatic N) is 2. The molecular formula is C28H29FN2O2S2. The summed E-state index contributed by atoms with van der Waals surface area (Å²) >= 11 is 1.89. The number of halogens is 1. The molecule has 35 heavy (non-hydrogen) atoms. The van der Waals surface area contributed by atoms with Gasteiger partial charge in [0.1, 0.15) is 5.82 Å². The van der Waals surface area contributed by atoms with Crippen LogP contribution in [0.15, 0.2) is 83.8 Å². The Morgan fingerprint density at radius 1 is 0.971 bits per heavy atom. The lowest BCUT2D eigenvalue weighted by atomic mass is 9.94. The summed E-state index contributed by atoms with van der Waals surface area (Å²) in [5.41, 5.74) is 3.29. The number of hydrogen-bond acceptors (Lipinski definition) is 4. The molecule has 0 amide bonds. The molecule has 0 saturated carbocycles. The topological polar surface area (TPSA) is 40.6 Å². The molecule has 3 heterocycles. The Kier molecular flexibility index (Phi) is 6.00. The predicted molar refractivity (Wildman–Crippen MR) is 138 cm³/mol. The van der Waals surface area contributed by atoms with Gasteiger partial charge in [-0.05, 0) is 61.1 Å². The smallest absolute Gasteiger partial charge is 0.243 e. The van der Waals surface area contributed by atoms with Gasteiger partial charge in [0.15, 0.2) is 0 Å². The van der Waals surface area contributed by atoms with Crippen LogP contribution in [-0.2, 0) is 16.4 Å². The summed E-state index contributed by atoms with van der Waals surface area (Å²) in [5, 5.41) is 0.121. The molecule has 3 fully saturated rings. The summed E-state index contributed by atoms with van der Waals surface area (Å²) in [4.78, 5) is 2.92. The van der Waals surface area contributed by atoms with E-state index in [1.165, 1.54) is 12.1 Å². The quantitative estimate of drug-likeness (QED) is 0.472. The lowest BCUT2D eigenvalue weighted by molar-refractivity contribution is 0.160. The minimum absolute atomic E-state index is 0.121. The van der Waals surface area contributed by atoms with Crippen LogP contribution in [0.25, 0.3) is 0 Å². The van der Waals surface area contributed by atoms with Gasteiger partial charge in [0.05, 0.1) is 10.3 Å². The van der Waals surface area contributed by atoms with Gasteiger partial charge < -0.3 is 0 Å². The fraction of sp³-hybridized carbons (Fsp3) is 0.357. The fourth-order valence-corrected chi connectivity index (χ4v) is 9.46. The van der Waals surface area contributed by atoms with Crippen LogP contribution < -0.4 is 0 Å². The summed E-state index contributed by atoms with van der Waals surface area (Å²) < 4.78 is 43.3. The molecule has 6 rings (SSSR count). The summed E-state index contributed by atoms with van der Waals surface area (Å²) in [6.45, 7) is 2.52. The van der Waals surface area contributed by atoms with Crippen molar-refractivity contribution >= 4 is 21.8 Å². The average molecular weight is 509 g/mol. The number of thioether (sulfide) groups is 1. The molecule has 3 aliphatic rings. The molecule has 3 aromatic carbocycles.